The van der Waals surface area contributed by atoms with Crippen LogP contribution in [0, 0.1) is 0 Å². The van der Waals surface area contributed by atoms with Crippen LogP contribution in [0.4, 0.5) is 0 Å². The molecule has 0 radical (unpaired) electrons. The van der Waals surface area contributed by atoms with Crippen LogP contribution in [0.15, 0.2) is 53.3 Å². The molecule has 1 aromatic heterocycles. The number of para-hydroxylation sites is 2. The van der Waals surface area contributed by atoms with Crippen LogP contribution in [0.1, 0.15) is 30.4 Å². The molecule has 0 saturated carbocycles. The highest BCUT2D eigenvalue weighted by Crippen LogP contribution is 2.25. The maximum absolute atomic E-state index is 12.7. The predicted octanol–water partition coefficient (Wildman–Crippen LogP) is 2.79. The molecular formula is C21H23N3O4. The standard InChI is InChI=1S/C21H23N3O4/c1-14(2)24-21(26)16-9-5-4-8-15(16)19(23-24)20(25)22-12-13-28-18-11-7-6-10-17(18)27-3/h4-11,14H,12-13H2,1-3H3,(H,22,25). The first-order chi connectivity index (χ1) is 13.5. The van der Waals surface area contributed by atoms with Gasteiger partial charge in [0.05, 0.1) is 25.1 Å². The summed E-state index contributed by atoms with van der Waals surface area (Å²) in [6.07, 6.45) is 0. The quantitative estimate of drug-likeness (QED) is 0.637. The summed E-state index contributed by atoms with van der Waals surface area (Å²) in [5.74, 6) is 0.885. The Morgan fingerprint density at radius 2 is 1.71 bits per heavy atom. The number of carbonyl (C=O) groups excluding carboxylic acids is 1. The third-order valence-electron chi connectivity index (χ3n) is 4.25. The zero-order chi connectivity index (χ0) is 20.1. The molecule has 0 fully saturated rings. The molecule has 0 saturated heterocycles. The average molecular weight is 381 g/mol. The van der Waals surface area contributed by atoms with E-state index in [2.05, 4.69) is 10.4 Å². The lowest BCUT2D eigenvalue weighted by Gasteiger charge is -2.14. The summed E-state index contributed by atoms with van der Waals surface area (Å²) >= 11 is 0. The van der Waals surface area contributed by atoms with Crippen molar-refractivity contribution in [1.29, 1.82) is 0 Å². The van der Waals surface area contributed by atoms with Crippen molar-refractivity contribution in [2.45, 2.75) is 19.9 Å². The van der Waals surface area contributed by atoms with Gasteiger partial charge in [-0.3, -0.25) is 9.59 Å². The number of amides is 1. The molecule has 2 aromatic carbocycles. The lowest BCUT2D eigenvalue weighted by Crippen LogP contribution is -2.33. The number of ether oxygens (including phenoxy) is 2. The number of fused-ring (bicyclic) bond motifs is 1. The SMILES string of the molecule is COc1ccccc1OCCNC(=O)c1nn(C(C)C)c(=O)c2ccccc12. The Balaban J connectivity index is 1.75. The Bertz CT molecular complexity index is 1040. The van der Waals surface area contributed by atoms with E-state index in [0.717, 1.165) is 0 Å². The van der Waals surface area contributed by atoms with Crippen molar-refractivity contribution in [3.8, 4) is 11.5 Å². The molecular weight excluding hydrogens is 358 g/mol. The molecule has 7 heteroatoms. The van der Waals surface area contributed by atoms with Crippen molar-refractivity contribution in [1.82, 2.24) is 15.1 Å². The van der Waals surface area contributed by atoms with Gasteiger partial charge >= 0.3 is 0 Å². The minimum absolute atomic E-state index is 0.155. The van der Waals surface area contributed by atoms with Crippen LogP contribution in [0.25, 0.3) is 10.8 Å². The summed E-state index contributed by atoms with van der Waals surface area (Å²) in [5, 5.41) is 8.11. The highest BCUT2D eigenvalue weighted by atomic mass is 16.5. The second-order valence-electron chi connectivity index (χ2n) is 6.49. The van der Waals surface area contributed by atoms with Gasteiger partial charge in [-0.25, -0.2) is 4.68 Å². The molecule has 7 nitrogen and oxygen atoms in total. The number of hydrogen-bond acceptors (Lipinski definition) is 5. The van der Waals surface area contributed by atoms with Crippen LogP contribution in [-0.2, 0) is 0 Å². The van der Waals surface area contributed by atoms with Crippen molar-refractivity contribution in [2.24, 2.45) is 0 Å². The zero-order valence-electron chi connectivity index (χ0n) is 16.1. The minimum atomic E-state index is -0.353. The van der Waals surface area contributed by atoms with E-state index in [1.807, 2.05) is 26.0 Å². The fraction of sp³-hybridized carbons (Fsp3) is 0.286. The molecule has 0 aliphatic carbocycles. The maximum atomic E-state index is 12.7. The summed E-state index contributed by atoms with van der Waals surface area (Å²) in [7, 11) is 1.57. The van der Waals surface area contributed by atoms with E-state index in [0.29, 0.717) is 22.3 Å². The second-order valence-corrected chi connectivity index (χ2v) is 6.49. The summed E-state index contributed by atoms with van der Waals surface area (Å²) in [5.41, 5.74) is 0.0165. The molecule has 0 atom stereocenters. The van der Waals surface area contributed by atoms with Crippen LogP contribution in [0.5, 0.6) is 11.5 Å². The molecule has 1 amide bonds. The number of rotatable bonds is 7. The summed E-state index contributed by atoms with van der Waals surface area (Å²) in [6.45, 7) is 4.26. The number of nitrogens with zero attached hydrogens (tertiary/aromatic N) is 2. The monoisotopic (exact) mass is 381 g/mol. The van der Waals surface area contributed by atoms with Crippen molar-refractivity contribution in [2.75, 3.05) is 20.3 Å². The van der Waals surface area contributed by atoms with Crippen molar-refractivity contribution in [3.05, 3.63) is 64.6 Å². The first-order valence-electron chi connectivity index (χ1n) is 9.08. The normalized spacial score (nSPS) is 10.9. The summed E-state index contributed by atoms with van der Waals surface area (Å²) < 4.78 is 12.2. The van der Waals surface area contributed by atoms with Crippen LogP contribution in [-0.4, -0.2) is 35.9 Å². The number of hydrogen-bond donors (Lipinski definition) is 1. The van der Waals surface area contributed by atoms with Gasteiger partial charge in [0.1, 0.15) is 6.61 Å². The first-order valence-corrected chi connectivity index (χ1v) is 9.08. The fourth-order valence-corrected chi connectivity index (χ4v) is 2.87. The van der Waals surface area contributed by atoms with E-state index in [4.69, 9.17) is 9.47 Å². The van der Waals surface area contributed by atoms with Gasteiger partial charge in [-0.05, 0) is 32.0 Å². The molecule has 0 aliphatic heterocycles. The molecule has 1 N–H and O–H groups in total. The van der Waals surface area contributed by atoms with E-state index in [-0.39, 0.29) is 36.4 Å². The highest BCUT2D eigenvalue weighted by molar-refractivity contribution is 6.04. The molecule has 1 heterocycles. The average Bonchev–Trinajstić information content (AvgIpc) is 2.71. The fourth-order valence-electron chi connectivity index (χ4n) is 2.87. The smallest absolute Gasteiger partial charge is 0.274 e. The third-order valence-corrected chi connectivity index (χ3v) is 4.25. The molecule has 0 aliphatic rings. The van der Waals surface area contributed by atoms with Gasteiger partial charge < -0.3 is 14.8 Å². The van der Waals surface area contributed by atoms with Crippen LogP contribution >= 0.6 is 0 Å². The minimum Gasteiger partial charge on any atom is -0.493 e. The van der Waals surface area contributed by atoms with Crippen LogP contribution in [0.3, 0.4) is 0 Å². The molecule has 3 aromatic rings. The van der Waals surface area contributed by atoms with Crippen molar-refractivity contribution < 1.29 is 14.3 Å². The topological polar surface area (TPSA) is 82.4 Å². The Kier molecular flexibility index (Phi) is 5.93. The Hall–Kier alpha value is -3.35. The second kappa shape index (κ2) is 8.56. The van der Waals surface area contributed by atoms with E-state index in [1.165, 1.54) is 4.68 Å². The number of aromatic nitrogens is 2. The van der Waals surface area contributed by atoms with Gasteiger partial charge in [0, 0.05) is 5.39 Å². The Morgan fingerprint density at radius 3 is 2.39 bits per heavy atom. The van der Waals surface area contributed by atoms with Gasteiger partial charge in [0.15, 0.2) is 17.2 Å². The van der Waals surface area contributed by atoms with E-state index in [9.17, 15) is 9.59 Å². The Labute approximate surface area is 162 Å². The van der Waals surface area contributed by atoms with Gasteiger partial charge in [-0.1, -0.05) is 30.3 Å². The summed E-state index contributed by atoms with van der Waals surface area (Å²) in [4.78, 5) is 25.3. The number of nitrogens with one attached hydrogen (secondary N) is 1. The van der Waals surface area contributed by atoms with E-state index >= 15 is 0 Å². The zero-order valence-corrected chi connectivity index (χ0v) is 16.1. The lowest BCUT2D eigenvalue weighted by atomic mass is 10.1. The highest BCUT2D eigenvalue weighted by Gasteiger charge is 2.17. The molecule has 28 heavy (non-hydrogen) atoms. The van der Waals surface area contributed by atoms with E-state index in [1.54, 1.807) is 43.5 Å². The molecule has 146 valence electrons. The number of methoxy groups -OCH3 is 1. The number of benzene rings is 2. The van der Waals surface area contributed by atoms with Gasteiger partial charge in [-0.15, -0.1) is 0 Å². The largest absolute Gasteiger partial charge is 0.493 e. The summed E-state index contributed by atoms with van der Waals surface area (Å²) in [6, 6.07) is 14.1. The van der Waals surface area contributed by atoms with E-state index < -0.39 is 0 Å². The first kappa shape index (κ1) is 19.4. The van der Waals surface area contributed by atoms with Gasteiger partial charge in [0.25, 0.3) is 11.5 Å². The van der Waals surface area contributed by atoms with Crippen molar-refractivity contribution >= 4 is 16.7 Å². The third kappa shape index (κ3) is 3.98. The van der Waals surface area contributed by atoms with Gasteiger partial charge in [0.2, 0.25) is 0 Å². The molecule has 3 rings (SSSR count). The molecule has 0 spiro atoms. The predicted molar refractivity (Wildman–Crippen MR) is 107 cm³/mol. The molecule has 0 unspecified atom stereocenters. The van der Waals surface area contributed by atoms with Crippen LogP contribution in [0.2, 0.25) is 0 Å². The van der Waals surface area contributed by atoms with Gasteiger partial charge in [-0.2, -0.15) is 5.10 Å². The lowest BCUT2D eigenvalue weighted by molar-refractivity contribution is 0.0941. The molecule has 0 bridgehead atoms. The van der Waals surface area contributed by atoms with Crippen molar-refractivity contribution in [3.63, 3.8) is 0 Å². The number of carbonyl (C=O) groups is 1. The maximum Gasteiger partial charge on any atom is 0.274 e. The Morgan fingerprint density at radius 1 is 1.07 bits per heavy atom. The van der Waals surface area contributed by atoms with Crippen LogP contribution < -0.4 is 20.3 Å².